The van der Waals surface area contributed by atoms with Gasteiger partial charge in [-0.15, -0.1) is 0 Å². The molecule has 4 aromatic carbocycles. The molecule has 250 valence electrons. The first-order chi connectivity index (χ1) is 23.3. The van der Waals surface area contributed by atoms with Crippen molar-refractivity contribution in [3.63, 3.8) is 0 Å². The van der Waals surface area contributed by atoms with Crippen molar-refractivity contribution < 1.29 is 57.4 Å². The molecule has 0 bridgehead atoms. The van der Waals surface area contributed by atoms with Crippen LogP contribution in [-0.2, 0) is 25.6 Å². The van der Waals surface area contributed by atoms with Crippen molar-refractivity contribution in [2.75, 3.05) is 34.5 Å². The molecule has 0 aliphatic rings. The average Bonchev–Trinajstić information content (AvgIpc) is 3.14. The standard InChI is InChI=1S/C36H34O12/c1-42-28-17-9-6-14-25(28)33(38)45-21-31(47-35(40)24-13-5-4-12-23(24)20-37)32(48-36(41)27-16-8-11-19-30(27)44-3)22-46-34(39)26-15-7-10-18-29(26)43-2/h4-19,31-32,37H,20-22H2,1-3H3. The SMILES string of the molecule is COc1ccccc1C(=O)OCC(OC(=O)c1ccccc1CO)C(COC(=O)c1ccccc1OC)OC(=O)c1ccccc1OC. The predicted octanol–water partition coefficient (Wildman–Crippen LogP) is 4.67. The molecule has 1 N–H and O–H groups in total. The second-order valence-corrected chi connectivity index (χ2v) is 10.0. The molecule has 2 atom stereocenters. The molecule has 0 aliphatic carbocycles. The number of esters is 4. The summed E-state index contributed by atoms with van der Waals surface area (Å²) in [4.78, 5) is 53.3. The molecule has 12 nitrogen and oxygen atoms in total. The van der Waals surface area contributed by atoms with E-state index in [-0.39, 0.29) is 45.1 Å². The van der Waals surface area contributed by atoms with E-state index in [1.54, 1.807) is 66.7 Å². The number of methoxy groups -OCH3 is 3. The van der Waals surface area contributed by atoms with Crippen LogP contribution in [0.1, 0.15) is 47.0 Å². The van der Waals surface area contributed by atoms with Gasteiger partial charge in [0.05, 0.1) is 33.5 Å². The molecule has 0 saturated carbocycles. The summed E-state index contributed by atoms with van der Waals surface area (Å²) < 4.78 is 38.5. The van der Waals surface area contributed by atoms with Crippen LogP contribution in [0, 0.1) is 0 Å². The summed E-state index contributed by atoms with van der Waals surface area (Å²) in [7, 11) is 4.15. The van der Waals surface area contributed by atoms with Crippen molar-refractivity contribution in [3.05, 3.63) is 125 Å². The molecule has 48 heavy (non-hydrogen) atoms. The topological polar surface area (TPSA) is 153 Å². The Morgan fingerprint density at radius 2 is 0.833 bits per heavy atom. The summed E-state index contributed by atoms with van der Waals surface area (Å²) in [6.07, 6.45) is -3.04. The van der Waals surface area contributed by atoms with Gasteiger partial charge in [0, 0.05) is 0 Å². The van der Waals surface area contributed by atoms with E-state index in [0.29, 0.717) is 0 Å². The van der Waals surface area contributed by atoms with Crippen LogP contribution >= 0.6 is 0 Å². The molecule has 0 spiro atoms. The van der Waals surface area contributed by atoms with E-state index in [1.807, 2.05) is 0 Å². The molecule has 4 aromatic rings. The normalized spacial score (nSPS) is 11.8. The van der Waals surface area contributed by atoms with Crippen LogP contribution in [0.5, 0.6) is 17.2 Å². The summed E-state index contributed by atoms with van der Waals surface area (Å²) in [5.41, 5.74) is 0.478. The number of benzene rings is 4. The number of ether oxygens (including phenoxy) is 7. The lowest BCUT2D eigenvalue weighted by Crippen LogP contribution is -2.42. The van der Waals surface area contributed by atoms with Crippen molar-refractivity contribution >= 4 is 23.9 Å². The number of carbonyl (C=O) groups is 4. The number of aliphatic hydroxyl groups is 1. The fourth-order valence-corrected chi connectivity index (χ4v) is 4.60. The quantitative estimate of drug-likeness (QED) is 0.140. The Hall–Kier alpha value is -5.88. The van der Waals surface area contributed by atoms with Crippen LogP contribution in [-0.4, -0.2) is 75.7 Å². The molecule has 0 aliphatic heterocycles. The van der Waals surface area contributed by atoms with Crippen molar-refractivity contribution in [1.82, 2.24) is 0 Å². The van der Waals surface area contributed by atoms with Crippen molar-refractivity contribution in [3.8, 4) is 17.2 Å². The van der Waals surface area contributed by atoms with Crippen LogP contribution in [0.4, 0.5) is 0 Å². The number of para-hydroxylation sites is 3. The first kappa shape index (κ1) is 35.0. The fraction of sp³-hybridized carbons (Fsp3) is 0.222. The van der Waals surface area contributed by atoms with Gasteiger partial charge in [0.1, 0.15) is 47.2 Å². The number of hydrogen-bond acceptors (Lipinski definition) is 12. The number of hydrogen-bond donors (Lipinski definition) is 1. The van der Waals surface area contributed by atoms with Gasteiger partial charge in [-0.3, -0.25) is 0 Å². The van der Waals surface area contributed by atoms with Gasteiger partial charge in [0.25, 0.3) is 0 Å². The van der Waals surface area contributed by atoms with Crippen molar-refractivity contribution in [2.24, 2.45) is 0 Å². The highest BCUT2D eigenvalue weighted by Gasteiger charge is 2.34. The largest absolute Gasteiger partial charge is 0.496 e. The van der Waals surface area contributed by atoms with E-state index in [2.05, 4.69) is 0 Å². The second kappa shape index (κ2) is 17.2. The van der Waals surface area contributed by atoms with E-state index in [1.165, 1.54) is 51.7 Å². The van der Waals surface area contributed by atoms with Gasteiger partial charge >= 0.3 is 23.9 Å². The van der Waals surface area contributed by atoms with E-state index in [0.717, 1.165) is 0 Å². The summed E-state index contributed by atoms with van der Waals surface area (Å²) in [5, 5.41) is 9.81. The van der Waals surface area contributed by atoms with Crippen LogP contribution in [0.2, 0.25) is 0 Å². The Balaban J connectivity index is 1.69. The first-order valence-corrected chi connectivity index (χ1v) is 14.6. The zero-order valence-corrected chi connectivity index (χ0v) is 26.5. The number of aliphatic hydroxyl groups excluding tert-OH is 1. The molecular weight excluding hydrogens is 624 g/mol. The Morgan fingerprint density at radius 1 is 0.500 bits per heavy atom. The Bertz CT molecular complexity index is 1610. The number of rotatable bonds is 15. The fourth-order valence-electron chi connectivity index (χ4n) is 4.60. The highest BCUT2D eigenvalue weighted by atomic mass is 16.6. The predicted molar refractivity (Wildman–Crippen MR) is 170 cm³/mol. The Morgan fingerprint density at radius 3 is 1.23 bits per heavy atom. The molecule has 0 radical (unpaired) electrons. The maximum atomic E-state index is 13.5. The zero-order valence-electron chi connectivity index (χ0n) is 26.5. The molecule has 0 heterocycles. The van der Waals surface area contributed by atoms with E-state index in [4.69, 9.17) is 33.2 Å². The molecule has 0 aromatic heterocycles. The van der Waals surface area contributed by atoms with Crippen molar-refractivity contribution in [2.45, 2.75) is 18.8 Å². The van der Waals surface area contributed by atoms with E-state index < -0.39 is 55.9 Å². The lowest BCUT2D eigenvalue weighted by molar-refractivity contribution is -0.0754. The smallest absolute Gasteiger partial charge is 0.342 e. The maximum absolute atomic E-state index is 13.5. The molecular formula is C36H34O12. The van der Waals surface area contributed by atoms with Crippen LogP contribution < -0.4 is 14.2 Å². The Kier molecular flexibility index (Phi) is 12.5. The molecule has 0 saturated heterocycles. The molecule has 12 heteroatoms. The van der Waals surface area contributed by atoms with Crippen LogP contribution in [0.15, 0.2) is 97.1 Å². The lowest BCUT2D eigenvalue weighted by atomic mass is 10.1. The minimum Gasteiger partial charge on any atom is -0.496 e. The second-order valence-electron chi connectivity index (χ2n) is 10.0. The number of carbonyl (C=O) groups excluding carboxylic acids is 4. The van der Waals surface area contributed by atoms with Crippen LogP contribution in [0.25, 0.3) is 0 Å². The summed E-state index contributed by atoms with van der Waals surface area (Å²) in [5.74, 6) is -2.82. The highest BCUT2D eigenvalue weighted by Crippen LogP contribution is 2.24. The minimum atomic E-state index is -1.52. The summed E-state index contributed by atoms with van der Waals surface area (Å²) >= 11 is 0. The van der Waals surface area contributed by atoms with E-state index in [9.17, 15) is 24.3 Å². The lowest BCUT2D eigenvalue weighted by Gasteiger charge is -2.27. The van der Waals surface area contributed by atoms with Gasteiger partial charge < -0.3 is 38.3 Å². The van der Waals surface area contributed by atoms with Gasteiger partial charge in [0.2, 0.25) is 0 Å². The van der Waals surface area contributed by atoms with Crippen LogP contribution in [0.3, 0.4) is 0 Å². The monoisotopic (exact) mass is 658 g/mol. The van der Waals surface area contributed by atoms with Gasteiger partial charge in [-0.05, 0) is 48.0 Å². The van der Waals surface area contributed by atoms with Gasteiger partial charge in [0.15, 0.2) is 12.2 Å². The minimum absolute atomic E-state index is 0.0156. The third-order valence-electron chi connectivity index (χ3n) is 7.08. The third kappa shape index (κ3) is 8.68. The Labute approximate surface area is 276 Å². The third-order valence-corrected chi connectivity index (χ3v) is 7.08. The average molecular weight is 659 g/mol. The molecule has 0 amide bonds. The van der Waals surface area contributed by atoms with Crippen molar-refractivity contribution in [1.29, 1.82) is 0 Å². The van der Waals surface area contributed by atoms with E-state index >= 15 is 0 Å². The molecule has 2 unspecified atom stereocenters. The van der Waals surface area contributed by atoms with Gasteiger partial charge in [-0.1, -0.05) is 54.6 Å². The summed E-state index contributed by atoms with van der Waals surface area (Å²) in [6.45, 7) is -1.75. The molecule has 0 fully saturated rings. The van der Waals surface area contributed by atoms with Gasteiger partial charge in [-0.25, -0.2) is 19.2 Å². The summed E-state index contributed by atoms with van der Waals surface area (Å²) in [6, 6.07) is 25.1. The maximum Gasteiger partial charge on any atom is 0.342 e. The highest BCUT2D eigenvalue weighted by molar-refractivity contribution is 5.94. The zero-order chi connectivity index (χ0) is 34.5. The van der Waals surface area contributed by atoms with Gasteiger partial charge in [-0.2, -0.15) is 0 Å². The molecule has 4 rings (SSSR count). The first-order valence-electron chi connectivity index (χ1n) is 14.6.